The molecule has 0 saturated heterocycles. The second kappa shape index (κ2) is 6.29. The van der Waals surface area contributed by atoms with Gasteiger partial charge in [-0.15, -0.1) is 0 Å². The molecular formula is C17H15BrN2O2S. The van der Waals surface area contributed by atoms with Crippen molar-refractivity contribution in [1.29, 1.82) is 0 Å². The van der Waals surface area contributed by atoms with Gasteiger partial charge in [0.05, 0.1) is 17.4 Å². The SMILES string of the molecule is COc1ccc(C)c2sc(=NC(=O)c3ccccc3Br)n(C)c12. The summed E-state index contributed by atoms with van der Waals surface area (Å²) in [6, 6.07) is 11.2. The first-order valence-electron chi connectivity index (χ1n) is 6.99. The number of benzene rings is 2. The second-order valence-electron chi connectivity index (χ2n) is 5.10. The molecule has 2 aromatic carbocycles. The first-order valence-corrected chi connectivity index (χ1v) is 8.60. The summed E-state index contributed by atoms with van der Waals surface area (Å²) in [7, 11) is 3.54. The van der Waals surface area contributed by atoms with Crippen LogP contribution in [-0.2, 0) is 7.05 Å². The Morgan fingerprint density at radius 1 is 1.26 bits per heavy atom. The minimum Gasteiger partial charge on any atom is -0.495 e. The number of aromatic nitrogens is 1. The Morgan fingerprint density at radius 3 is 2.70 bits per heavy atom. The van der Waals surface area contributed by atoms with Gasteiger partial charge < -0.3 is 9.30 Å². The van der Waals surface area contributed by atoms with Gasteiger partial charge in [0, 0.05) is 11.5 Å². The van der Waals surface area contributed by atoms with Gasteiger partial charge in [-0.3, -0.25) is 4.79 Å². The molecule has 0 aliphatic carbocycles. The van der Waals surface area contributed by atoms with E-state index in [0.29, 0.717) is 10.4 Å². The van der Waals surface area contributed by atoms with Crippen LogP contribution in [0.25, 0.3) is 10.2 Å². The van der Waals surface area contributed by atoms with E-state index in [9.17, 15) is 4.79 Å². The van der Waals surface area contributed by atoms with E-state index in [1.54, 1.807) is 13.2 Å². The smallest absolute Gasteiger partial charge is 0.280 e. The molecule has 0 saturated carbocycles. The fraction of sp³-hybridized carbons (Fsp3) is 0.176. The molecule has 0 spiro atoms. The third kappa shape index (κ3) is 2.84. The lowest BCUT2D eigenvalue weighted by molar-refractivity contribution is 0.0997. The molecule has 1 heterocycles. The van der Waals surface area contributed by atoms with Gasteiger partial charge in [-0.05, 0) is 46.6 Å². The van der Waals surface area contributed by atoms with Crippen LogP contribution in [0.5, 0.6) is 5.75 Å². The normalized spacial score (nSPS) is 11.9. The van der Waals surface area contributed by atoms with E-state index in [-0.39, 0.29) is 5.91 Å². The van der Waals surface area contributed by atoms with Gasteiger partial charge in [-0.1, -0.05) is 29.5 Å². The lowest BCUT2D eigenvalue weighted by Crippen LogP contribution is -2.13. The van der Waals surface area contributed by atoms with Crippen LogP contribution >= 0.6 is 27.3 Å². The molecule has 23 heavy (non-hydrogen) atoms. The number of amides is 1. The Bertz CT molecular complexity index is 972. The summed E-state index contributed by atoms with van der Waals surface area (Å²) in [5.41, 5.74) is 2.64. The van der Waals surface area contributed by atoms with Crippen LogP contribution in [0.3, 0.4) is 0 Å². The van der Waals surface area contributed by atoms with Gasteiger partial charge in [0.2, 0.25) is 0 Å². The van der Waals surface area contributed by atoms with Crippen LogP contribution in [0.2, 0.25) is 0 Å². The van der Waals surface area contributed by atoms with Crippen molar-refractivity contribution >= 4 is 43.4 Å². The van der Waals surface area contributed by atoms with Crippen LogP contribution in [0.1, 0.15) is 15.9 Å². The number of fused-ring (bicyclic) bond motifs is 1. The summed E-state index contributed by atoms with van der Waals surface area (Å²) in [6.45, 7) is 2.04. The van der Waals surface area contributed by atoms with Crippen molar-refractivity contribution in [2.75, 3.05) is 7.11 Å². The molecule has 0 radical (unpaired) electrons. The zero-order chi connectivity index (χ0) is 16.6. The molecule has 0 fully saturated rings. The molecule has 1 amide bonds. The number of thiazole rings is 1. The minimum atomic E-state index is -0.267. The quantitative estimate of drug-likeness (QED) is 0.661. The number of aryl methyl sites for hydroxylation is 2. The minimum absolute atomic E-state index is 0.267. The monoisotopic (exact) mass is 390 g/mol. The van der Waals surface area contributed by atoms with E-state index >= 15 is 0 Å². The first-order chi connectivity index (χ1) is 11.0. The average Bonchev–Trinajstić information content (AvgIpc) is 2.86. The first kappa shape index (κ1) is 16.0. The van der Waals surface area contributed by atoms with Crippen LogP contribution in [0.4, 0.5) is 0 Å². The molecule has 1 aromatic heterocycles. The van der Waals surface area contributed by atoms with Crippen molar-refractivity contribution in [3.63, 3.8) is 0 Å². The molecule has 0 unspecified atom stereocenters. The Morgan fingerprint density at radius 2 is 2.00 bits per heavy atom. The van der Waals surface area contributed by atoms with Crippen molar-refractivity contribution in [2.24, 2.45) is 12.0 Å². The molecule has 0 bridgehead atoms. The van der Waals surface area contributed by atoms with E-state index in [1.165, 1.54) is 11.3 Å². The number of ether oxygens (including phenoxy) is 1. The van der Waals surface area contributed by atoms with Gasteiger partial charge in [-0.25, -0.2) is 0 Å². The van der Waals surface area contributed by atoms with E-state index < -0.39 is 0 Å². The Labute approximate surface area is 146 Å². The molecular weight excluding hydrogens is 376 g/mol. The molecule has 4 nitrogen and oxygen atoms in total. The fourth-order valence-corrected chi connectivity index (χ4v) is 3.96. The summed E-state index contributed by atoms with van der Waals surface area (Å²) in [5, 5.41) is 0. The topological polar surface area (TPSA) is 43.6 Å². The number of nitrogens with zero attached hydrogens (tertiary/aromatic N) is 2. The Hall–Kier alpha value is -1.92. The van der Waals surface area contributed by atoms with Gasteiger partial charge in [0.15, 0.2) is 4.80 Å². The van der Waals surface area contributed by atoms with E-state index in [0.717, 1.165) is 26.0 Å². The summed E-state index contributed by atoms with van der Waals surface area (Å²) < 4.78 is 9.16. The van der Waals surface area contributed by atoms with Crippen LogP contribution < -0.4 is 9.54 Å². The Balaban J connectivity index is 2.21. The molecule has 6 heteroatoms. The lowest BCUT2D eigenvalue weighted by Gasteiger charge is -2.05. The van der Waals surface area contributed by atoms with Crippen LogP contribution in [-0.4, -0.2) is 17.6 Å². The number of methoxy groups -OCH3 is 1. The third-order valence-electron chi connectivity index (χ3n) is 3.63. The molecule has 3 rings (SSSR count). The zero-order valence-corrected chi connectivity index (χ0v) is 15.4. The maximum absolute atomic E-state index is 12.5. The summed E-state index contributed by atoms with van der Waals surface area (Å²) in [6.07, 6.45) is 0. The maximum atomic E-state index is 12.5. The second-order valence-corrected chi connectivity index (χ2v) is 6.93. The number of halogens is 1. The molecule has 118 valence electrons. The summed E-state index contributed by atoms with van der Waals surface area (Å²) >= 11 is 4.88. The van der Waals surface area contributed by atoms with Gasteiger partial charge in [0.1, 0.15) is 11.3 Å². The van der Waals surface area contributed by atoms with Gasteiger partial charge in [-0.2, -0.15) is 4.99 Å². The molecule has 0 aliphatic heterocycles. The molecule has 0 atom stereocenters. The molecule has 3 aromatic rings. The largest absolute Gasteiger partial charge is 0.495 e. The van der Waals surface area contributed by atoms with E-state index in [4.69, 9.17) is 4.74 Å². The van der Waals surface area contributed by atoms with Crippen molar-refractivity contribution in [2.45, 2.75) is 6.92 Å². The van der Waals surface area contributed by atoms with Crippen molar-refractivity contribution in [3.8, 4) is 5.75 Å². The van der Waals surface area contributed by atoms with Crippen molar-refractivity contribution in [1.82, 2.24) is 4.57 Å². The van der Waals surface area contributed by atoms with E-state index in [2.05, 4.69) is 20.9 Å². The van der Waals surface area contributed by atoms with Crippen LogP contribution in [0, 0.1) is 6.92 Å². The number of carbonyl (C=O) groups is 1. The fourth-order valence-electron chi connectivity index (χ4n) is 2.40. The van der Waals surface area contributed by atoms with Crippen molar-refractivity contribution < 1.29 is 9.53 Å². The highest BCUT2D eigenvalue weighted by Crippen LogP contribution is 2.29. The average molecular weight is 391 g/mol. The molecule has 0 N–H and O–H groups in total. The summed E-state index contributed by atoms with van der Waals surface area (Å²) in [4.78, 5) is 17.4. The summed E-state index contributed by atoms with van der Waals surface area (Å²) in [5.74, 6) is 0.510. The van der Waals surface area contributed by atoms with Gasteiger partial charge >= 0.3 is 0 Å². The third-order valence-corrected chi connectivity index (χ3v) is 5.59. The predicted molar refractivity (Wildman–Crippen MR) is 96.1 cm³/mol. The van der Waals surface area contributed by atoms with Crippen LogP contribution in [0.15, 0.2) is 45.9 Å². The lowest BCUT2D eigenvalue weighted by atomic mass is 10.2. The number of rotatable bonds is 2. The maximum Gasteiger partial charge on any atom is 0.280 e. The highest BCUT2D eigenvalue weighted by atomic mass is 79.9. The highest BCUT2D eigenvalue weighted by Gasteiger charge is 2.13. The van der Waals surface area contributed by atoms with Gasteiger partial charge in [0.25, 0.3) is 5.91 Å². The standard InChI is InChI=1S/C17H15BrN2O2S/c1-10-8-9-13(22-3)14-15(10)23-17(20(14)2)19-16(21)11-6-4-5-7-12(11)18/h4-9H,1-3H3. The number of carbonyl (C=O) groups excluding carboxylic acids is 1. The van der Waals surface area contributed by atoms with E-state index in [1.807, 2.05) is 48.9 Å². The number of hydrogen-bond donors (Lipinski definition) is 0. The predicted octanol–water partition coefficient (Wildman–Crippen LogP) is 4.06. The number of hydrogen-bond acceptors (Lipinski definition) is 3. The Kier molecular flexibility index (Phi) is 4.37. The molecule has 0 aliphatic rings. The zero-order valence-electron chi connectivity index (χ0n) is 13.0. The highest BCUT2D eigenvalue weighted by molar-refractivity contribution is 9.10. The van der Waals surface area contributed by atoms with Crippen molar-refractivity contribution in [3.05, 3.63) is 56.8 Å².